The number of sulfonamides is 1. The predicted molar refractivity (Wildman–Crippen MR) is 152 cm³/mol. The Morgan fingerprint density at radius 1 is 0.947 bits per heavy atom. The molecule has 3 aromatic carbocycles. The molecule has 3 rings (SSSR count). The fourth-order valence-electron chi connectivity index (χ4n) is 4.14. The van der Waals surface area contributed by atoms with E-state index in [1.165, 1.54) is 23.1 Å². The normalized spacial score (nSPS) is 12.0. The molecule has 7 nitrogen and oxygen atoms in total. The second-order valence-electron chi connectivity index (χ2n) is 8.97. The first-order chi connectivity index (χ1) is 18.2. The molecular weight excluding hydrogens is 522 g/mol. The Balaban J connectivity index is 2.05. The Morgan fingerprint density at radius 3 is 2.26 bits per heavy atom. The van der Waals surface area contributed by atoms with Crippen LogP contribution in [-0.4, -0.2) is 44.3 Å². The van der Waals surface area contributed by atoms with Gasteiger partial charge in [-0.1, -0.05) is 74.0 Å². The lowest BCUT2D eigenvalue weighted by Gasteiger charge is -2.33. The smallest absolute Gasteiger partial charge is 0.264 e. The molecule has 0 aliphatic rings. The summed E-state index contributed by atoms with van der Waals surface area (Å²) in [4.78, 5) is 28.6. The standard InChI is InChI=1S/C29H34ClN3O4S/c1-4-18-31-29(35)27(5-2)32(20-23-13-10-9-12-22(23)3)28(34)21-33(25-15-11-14-24(30)19-25)38(36,37)26-16-7-6-8-17-26/h6-17,19,27H,4-5,18,20-21H2,1-3H3,(H,31,35)/t27-/m1/s1. The zero-order chi connectivity index (χ0) is 27.7. The predicted octanol–water partition coefficient (Wildman–Crippen LogP) is 5.18. The highest BCUT2D eigenvalue weighted by molar-refractivity contribution is 7.92. The first-order valence-corrected chi connectivity index (χ1v) is 14.5. The van der Waals surface area contributed by atoms with Gasteiger partial charge in [0.25, 0.3) is 10.0 Å². The number of nitrogens with one attached hydrogen (secondary N) is 1. The van der Waals surface area contributed by atoms with Crippen molar-refractivity contribution in [3.8, 4) is 0 Å². The molecule has 0 heterocycles. The van der Waals surface area contributed by atoms with Gasteiger partial charge >= 0.3 is 0 Å². The van der Waals surface area contributed by atoms with Crippen LogP contribution in [0, 0.1) is 6.92 Å². The molecule has 0 radical (unpaired) electrons. The third-order valence-corrected chi connectivity index (χ3v) is 8.27. The number of rotatable bonds is 12. The van der Waals surface area contributed by atoms with Crippen LogP contribution in [0.5, 0.6) is 0 Å². The summed E-state index contributed by atoms with van der Waals surface area (Å²) in [5, 5.41) is 3.22. The Bertz CT molecular complexity index is 1350. The molecule has 0 aliphatic heterocycles. The SMILES string of the molecule is CCCNC(=O)[C@@H](CC)N(Cc1ccccc1C)C(=O)CN(c1cccc(Cl)c1)S(=O)(=O)c1ccccc1. The highest BCUT2D eigenvalue weighted by Crippen LogP contribution is 2.27. The molecule has 0 aliphatic carbocycles. The van der Waals surface area contributed by atoms with E-state index in [1.807, 2.05) is 45.0 Å². The van der Waals surface area contributed by atoms with E-state index in [0.717, 1.165) is 21.9 Å². The zero-order valence-electron chi connectivity index (χ0n) is 21.9. The maximum atomic E-state index is 14.0. The number of aryl methyl sites for hydroxylation is 1. The van der Waals surface area contributed by atoms with Crippen LogP contribution in [0.1, 0.15) is 37.8 Å². The summed E-state index contributed by atoms with van der Waals surface area (Å²) in [6, 6.07) is 21.2. The summed E-state index contributed by atoms with van der Waals surface area (Å²) in [6.07, 6.45) is 1.13. The molecule has 0 saturated carbocycles. The second-order valence-corrected chi connectivity index (χ2v) is 11.3. The van der Waals surface area contributed by atoms with Gasteiger partial charge in [0.05, 0.1) is 10.6 Å². The zero-order valence-corrected chi connectivity index (χ0v) is 23.5. The number of hydrogen-bond donors (Lipinski definition) is 1. The summed E-state index contributed by atoms with van der Waals surface area (Å²) >= 11 is 6.20. The van der Waals surface area contributed by atoms with Crippen molar-refractivity contribution in [2.24, 2.45) is 0 Å². The van der Waals surface area contributed by atoms with Gasteiger partial charge in [0.2, 0.25) is 11.8 Å². The van der Waals surface area contributed by atoms with Crippen LogP contribution in [-0.2, 0) is 26.2 Å². The van der Waals surface area contributed by atoms with Crippen molar-refractivity contribution in [3.05, 3.63) is 95.0 Å². The quantitative estimate of drug-likeness (QED) is 0.334. The van der Waals surface area contributed by atoms with Crippen LogP contribution in [0.25, 0.3) is 0 Å². The largest absolute Gasteiger partial charge is 0.354 e. The summed E-state index contributed by atoms with van der Waals surface area (Å²) in [6.45, 7) is 5.88. The van der Waals surface area contributed by atoms with E-state index >= 15 is 0 Å². The van der Waals surface area contributed by atoms with Crippen molar-refractivity contribution in [2.75, 3.05) is 17.4 Å². The van der Waals surface area contributed by atoms with Gasteiger partial charge in [-0.2, -0.15) is 0 Å². The van der Waals surface area contributed by atoms with Crippen molar-refractivity contribution in [3.63, 3.8) is 0 Å². The molecule has 1 N–H and O–H groups in total. The fraction of sp³-hybridized carbons (Fsp3) is 0.310. The summed E-state index contributed by atoms with van der Waals surface area (Å²) in [7, 11) is -4.12. The Hall–Kier alpha value is -3.36. The highest BCUT2D eigenvalue weighted by atomic mass is 35.5. The van der Waals surface area contributed by atoms with E-state index in [4.69, 9.17) is 11.6 Å². The molecule has 202 valence electrons. The van der Waals surface area contributed by atoms with E-state index in [9.17, 15) is 18.0 Å². The van der Waals surface area contributed by atoms with Gasteiger partial charge in [-0.3, -0.25) is 13.9 Å². The van der Waals surface area contributed by atoms with E-state index in [1.54, 1.807) is 36.4 Å². The fourth-order valence-corrected chi connectivity index (χ4v) is 5.75. The third-order valence-electron chi connectivity index (χ3n) is 6.24. The van der Waals surface area contributed by atoms with Crippen molar-refractivity contribution in [1.82, 2.24) is 10.2 Å². The number of amides is 2. The van der Waals surface area contributed by atoms with Crippen LogP contribution in [0.15, 0.2) is 83.8 Å². The molecule has 38 heavy (non-hydrogen) atoms. The molecule has 0 bridgehead atoms. The molecule has 2 amide bonds. The number of anilines is 1. The summed E-state index contributed by atoms with van der Waals surface area (Å²) < 4.78 is 28.6. The lowest BCUT2D eigenvalue weighted by atomic mass is 10.1. The topological polar surface area (TPSA) is 86.8 Å². The number of nitrogens with zero attached hydrogens (tertiary/aromatic N) is 2. The van der Waals surface area contributed by atoms with Gasteiger partial charge in [-0.15, -0.1) is 0 Å². The van der Waals surface area contributed by atoms with Gasteiger partial charge in [0, 0.05) is 18.1 Å². The molecule has 0 aromatic heterocycles. The first kappa shape index (κ1) is 29.2. The number of halogens is 1. The third kappa shape index (κ3) is 7.14. The first-order valence-electron chi connectivity index (χ1n) is 12.6. The molecule has 0 saturated heterocycles. The molecule has 9 heteroatoms. The molecule has 0 fully saturated rings. The summed E-state index contributed by atoms with van der Waals surface area (Å²) in [5.74, 6) is -0.761. The number of benzene rings is 3. The van der Waals surface area contributed by atoms with Crippen LogP contribution in [0.3, 0.4) is 0 Å². The molecule has 0 unspecified atom stereocenters. The van der Waals surface area contributed by atoms with Crippen LogP contribution in [0.4, 0.5) is 5.69 Å². The van der Waals surface area contributed by atoms with Gasteiger partial charge in [-0.05, 0) is 61.2 Å². The van der Waals surface area contributed by atoms with E-state index in [2.05, 4.69) is 5.32 Å². The number of carbonyl (C=O) groups is 2. The molecular formula is C29H34ClN3O4S. The van der Waals surface area contributed by atoms with Gasteiger partial charge in [-0.25, -0.2) is 8.42 Å². The average Bonchev–Trinajstić information content (AvgIpc) is 2.91. The molecule has 0 spiro atoms. The number of hydrogen-bond acceptors (Lipinski definition) is 4. The van der Waals surface area contributed by atoms with Crippen molar-refractivity contribution in [1.29, 1.82) is 0 Å². The van der Waals surface area contributed by atoms with E-state index in [0.29, 0.717) is 18.0 Å². The van der Waals surface area contributed by atoms with Crippen molar-refractivity contribution in [2.45, 2.75) is 51.1 Å². The maximum Gasteiger partial charge on any atom is 0.264 e. The highest BCUT2D eigenvalue weighted by Gasteiger charge is 2.33. The minimum atomic E-state index is -4.12. The van der Waals surface area contributed by atoms with Gasteiger partial charge in [0.15, 0.2) is 0 Å². The van der Waals surface area contributed by atoms with E-state index in [-0.39, 0.29) is 23.0 Å². The molecule has 3 aromatic rings. The van der Waals surface area contributed by atoms with Gasteiger partial charge < -0.3 is 10.2 Å². The van der Waals surface area contributed by atoms with Crippen LogP contribution < -0.4 is 9.62 Å². The lowest BCUT2D eigenvalue weighted by molar-refractivity contribution is -0.140. The van der Waals surface area contributed by atoms with E-state index < -0.39 is 28.5 Å². The van der Waals surface area contributed by atoms with Crippen molar-refractivity contribution >= 4 is 39.1 Å². The Kier molecular flexibility index (Phi) is 10.3. The minimum Gasteiger partial charge on any atom is -0.354 e. The van der Waals surface area contributed by atoms with Gasteiger partial charge in [0.1, 0.15) is 12.6 Å². The maximum absolute atomic E-state index is 14.0. The Labute approximate surface area is 230 Å². The lowest BCUT2D eigenvalue weighted by Crippen LogP contribution is -2.52. The Morgan fingerprint density at radius 2 is 1.63 bits per heavy atom. The number of carbonyl (C=O) groups excluding carboxylic acids is 2. The summed E-state index contributed by atoms with van der Waals surface area (Å²) in [5.41, 5.74) is 2.11. The van der Waals surface area contributed by atoms with Crippen LogP contribution >= 0.6 is 11.6 Å². The average molecular weight is 556 g/mol. The molecule has 1 atom stereocenters. The monoisotopic (exact) mass is 555 g/mol. The van der Waals surface area contributed by atoms with Crippen LogP contribution in [0.2, 0.25) is 5.02 Å². The second kappa shape index (κ2) is 13.4. The van der Waals surface area contributed by atoms with Crippen molar-refractivity contribution < 1.29 is 18.0 Å². The minimum absolute atomic E-state index is 0.0472.